The summed E-state index contributed by atoms with van der Waals surface area (Å²) in [6.45, 7) is 3.29. The summed E-state index contributed by atoms with van der Waals surface area (Å²) < 4.78 is 5.45. The normalized spacial score (nSPS) is 10.1. The molecule has 0 unspecified atom stereocenters. The van der Waals surface area contributed by atoms with E-state index in [0.717, 1.165) is 5.56 Å². The maximum absolute atomic E-state index is 12.2. The smallest absolute Gasteiger partial charge is 0.255 e. The van der Waals surface area contributed by atoms with Crippen molar-refractivity contribution in [2.45, 2.75) is 26.3 Å². The lowest BCUT2D eigenvalue weighted by Gasteiger charge is -2.10. The molecule has 0 aliphatic rings. The van der Waals surface area contributed by atoms with E-state index in [2.05, 4.69) is 15.6 Å². The van der Waals surface area contributed by atoms with Crippen molar-refractivity contribution in [3.8, 4) is 5.75 Å². The summed E-state index contributed by atoms with van der Waals surface area (Å²) in [7, 11) is 0. The van der Waals surface area contributed by atoms with Crippen molar-refractivity contribution in [3.63, 3.8) is 0 Å². The topological polar surface area (TPSA) is 80.3 Å². The highest BCUT2D eigenvalue weighted by Crippen LogP contribution is 2.17. The van der Waals surface area contributed by atoms with Crippen molar-refractivity contribution in [3.05, 3.63) is 59.9 Å². The highest BCUT2D eigenvalue weighted by molar-refractivity contribution is 5.96. The van der Waals surface area contributed by atoms with Gasteiger partial charge in [-0.25, -0.2) is 0 Å². The fourth-order valence-corrected chi connectivity index (χ4v) is 2.27. The third kappa shape index (κ3) is 6.25. The van der Waals surface area contributed by atoms with Crippen LogP contribution in [-0.4, -0.2) is 29.9 Å². The lowest BCUT2D eigenvalue weighted by Crippen LogP contribution is -2.27. The molecule has 1 aromatic heterocycles. The monoisotopic (exact) mass is 341 g/mol. The van der Waals surface area contributed by atoms with Crippen molar-refractivity contribution >= 4 is 11.8 Å². The van der Waals surface area contributed by atoms with Crippen LogP contribution in [0, 0.1) is 0 Å². The highest BCUT2D eigenvalue weighted by atomic mass is 16.5. The third-order valence-electron chi connectivity index (χ3n) is 3.54. The summed E-state index contributed by atoms with van der Waals surface area (Å²) >= 11 is 0. The largest absolute Gasteiger partial charge is 0.493 e. The van der Waals surface area contributed by atoms with Crippen molar-refractivity contribution in [2.24, 2.45) is 0 Å². The molecule has 0 bridgehead atoms. The summed E-state index contributed by atoms with van der Waals surface area (Å²) in [4.78, 5) is 27.9. The lowest BCUT2D eigenvalue weighted by atomic mass is 10.2. The number of benzene rings is 1. The van der Waals surface area contributed by atoms with E-state index in [4.69, 9.17) is 4.74 Å². The first-order chi connectivity index (χ1) is 12.2. The van der Waals surface area contributed by atoms with Crippen LogP contribution in [0.1, 0.15) is 35.7 Å². The number of rotatable bonds is 9. The third-order valence-corrected chi connectivity index (χ3v) is 3.54. The maximum atomic E-state index is 12.2. The fourth-order valence-electron chi connectivity index (χ4n) is 2.27. The maximum Gasteiger partial charge on any atom is 0.255 e. The Bertz CT molecular complexity index is 689. The molecule has 1 heterocycles. The lowest BCUT2D eigenvalue weighted by molar-refractivity contribution is -0.121. The SMILES string of the molecule is CCOc1ccccc1C(=O)NCCCC(=O)NCc1ccncc1. The average Bonchev–Trinajstić information content (AvgIpc) is 2.65. The summed E-state index contributed by atoms with van der Waals surface area (Å²) in [6.07, 6.45) is 4.32. The molecular formula is C19H23N3O3. The second-order valence-corrected chi connectivity index (χ2v) is 5.42. The number of para-hydroxylation sites is 1. The van der Waals surface area contributed by atoms with Crippen molar-refractivity contribution in [2.75, 3.05) is 13.2 Å². The van der Waals surface area contributed by atoms with Gasteiger partial charge >= 0.3 is 0 Å². The van der Waals surface area contributed by atoms with Crippen LogP contribution in [0.15, 0.2) is 48.8 Å². The van der Waals surface area contributed by atoms with E-state index in [1.165, 1.54) is 0 Å². The van der Waals surface area contributed by atoms with Gasteiger partial charge in [0.2, 0.25) is 5.91 Å². The Kier molecular flexibility index (Phi) is 7.43. The zero-order valence-corrected chi connectivity index (χ0v) is 14.3. The van der Waals surface area contributed by atoms with Gasteiger partial charge in [0, 0.05) is 31.9 Å². The molecule has 6 heteroatoms. The minimum atomic E-state index is -0.193. The number of pyridine rings is 1. The minimum absolute atomic E-state index is 0.0409. The number of carbonyl (C=O) groups is 2. The van der Waals surface area contributed by atoms with Gasteiger partial charge in [0.25, 0.3) is 5.91 Å². The fraction of sp³-hybridized carbons (Fsp3) is 0.316. The standard InChI is InChI=1S/C19H23N3O3/c1-2-25-17-7-4-3-6-16(17)19(24)21-11-5-8-18(23)22-14-15-9-12-20-13-10-15/h3-4,6-7,9-10,12-13H,2,5,8,11,14H2,1H3,(H,21,24)(H,22,23). The predicted octanol–water partition coefficient (Wildman–Crippen LogP) is 2.31. The molecule has 0 aliphatic carbocycles. The molecular weight excluding hydrogens is 318 g/mol. The van der Waals surface area contributed by atoms with E-state index < -0.39 is 0 Å². The Morgan fingerprint density at radius 2 is 1.84 bits per heavy atom. The molecule has 1 aromatic carbocycles. The Morgan fingerprint density at radius 1 is 1.08 bits per heavy atom. The molecule has 0 saturated heterocycles. The van der Waals surface area contributed by atoms with E-state index in [9.17, 15) is 9.59 Å². The Labute approximate surface area is 147 Å². The first-order valence-electron chi connectivity index (χ1n) is 8.36. The summed E-state index contributed by atoms with van der Waals surface area (Å²) in [5.74, 6) is 0.333. The number of amides is 2. The van der Waals surface area contributed by atoms with E-state index in [1.54, 1.807) is 30.6 Å². The van der Waals surface area contributed by atoms with Crippen LogP contribution < -0.4 is 15.4 Å². The van der Waals surface area contributed by atoms with Gasteiger partial charge in [-0.1, -0.05) is 12.1 Å². The molecule has 0 atom stereocenters. The van der Waals surface area contributed by atoms with Crippen molar-refractivity contribution in [1.29, 1.82) is 0 Å². The molecule has 0 spiro atoms. The van der Waals surface area contributed by atoms with Gasteiger partial charge in [-0.3, -0.25) is 14.6 Å². The molecule has 2 amide bonds. The zero-order valence-electron chi connectivity index (χ0n) is 14.3. The Morgan fingerprint density at radius 3 is 2.60 bits per heavy atom. The van der Waals surface area contributed by atoms with Gasteiger partial charge in [0.1, 0.15) is 5.75 Å². The molecule has 0 radical (unpaired) electrons. The van der Waals surface area contributed by atoms with Gasteiger partial charge in [-0.05, 0) is 43.2 Å². The molecule has 2 rings (SSSR count). The van der Waals surface area contributed by atoms with E-state index in [1.807, 2.05) is 25.1 Å². The van der Waals surface area contributed by atoms with Crippen LogP contribution in [0.5, 0.6) is 5.75 Å². The zero-order chi connectivity index (χ0) is 17.9. The molecule has 132 valence electrons. The van der Waals surface area contributed by atoms with Crippen LogP contribution in [0.25, 0.3) is 0 Å². The molecule has 0 aliphatic heterocycles. The number of ether oxygens (including phenoxy) is 1. The number of nitrogens with one attached hydrogen (secondary N) is 2. The second kappa shape index (κ2) is 10.1. The minimum Gasteiger partial charge on any atom is -0.493 e. The van der Waals surface area contributed by atoms with E-state index >= 15 is 0 Å². The number of nitrogens with zero attached hydrogens (tertiary/aromatic N) is 1. The number of aromatic nitrogens is 1. The molecule has 6 nitrogen and oxygen atoms in total. The molecule has 2 aromatic rings. The van der Waals surface area contributed by atoms with Gasteiger partial charge in [0.05, 0.1) is 12.2 Å². The highest BCUT2D eigenvalue weighted by Gasteiger charge is 2.11. The van der Waals surface area contributed by atoms with Crippen LogP contribution in [0.2, 0.25) is 0 Å². The van der Waals surface area contributed by atoms with Crippen LogP contribution in [-0.2, 0) is 11.3 Å². The first-order valence-corrected chi connectivity index (χ1v) is 8.36. The summed E-state index contributed by atoms with van der Waals surface area (Å²) in [6, 6.07) is 10.8. The van der Waals surface area contributed by atoms with Gasteiger partial charge in [-0.15, -0.1) is 0 Å². The molecule has 2 N–H and O–H groups in total. The van der Waals surface area contributed by atoms with Crippen molar-refractivity contribution in [1.82, 2.24) is 15.6 Å². The quantitative estimate of drug-likeness (QED) is 0.686. The summed E-state index contributed by atoms with van der Waals surface area (Å²) in [5.41, 5.74) is 1.51. The molecule has 25 heavy (non-hydrogen) atoms. The molecule has 0 saturated carbocycles. The van der Waals surface area contributed by atoms with Gasteiger partial charge in [0.15, 0.2) is 0 Å². The van der Waals surface area contributed by atoms with Crippen LogP contribution >= 0.6 is 0 Å². The van der Waals surface area contributed by atoms with E-state index in [0.29, 0.717) is 43.9 Å². The average molecular weight is 341 g/mol. The van der Waals surface area contributed by atoms with Crippen LogP contribution in [0.3, 0.4) is 0 Å². The number of hydrogen-bond donors (Lipinski definition) is 2. The second-order valence-electron chi connectivity index (χ2n) is 5.42. The molecule has 0 fully saturated rings. The summed E-state index contributed by atoms with van der Waals surface area (Å²) in [5, 5.41) is 5.66. The van der Waals surface area contributed by atoms with Gasteiger partial charge in [-0.2, -0.15) is 0 Å². The first kappa shape index (κ1) is 18.4. The predicted molar refractivity (Wildman–Crippen MR) is 95.3 cm³/mol. The van der Waals surface area contributed by atoms with Crippen molar-refractivity contribution < 1.29 is 14.3 Å². The Balaban J connectivity index is 1.68. The van der Waals surface area contributed by atoms with Gasteiger partial charge < -0.3 is 15.4 Å². The number of carbonyl (C=O) groups excluding carboxylic acids is 2. The number of hydrogen-bond acceptors (Lipinski definition) is 4. The van der Waals surface area contributed by atoms with E-state index in [-0.39, 0.29) is 11.8 Å². The Hall–Kier alpha value is -2.89. The van der Waals surface area contributed by atoms with Crippen LogP contribution in [0.4, 0.5) is 0 Å².